The second kappa shape index (κ2) is 7.60. The van der Waals surface area contributed by atoms with Crippen molar-refractivity contribution in [3.05, 3.63) is 40.4 Å². The summed E-state index contributed by atoms with van der Waals surface area (Å²) in [5.74, 6) is 0.440. The van der Waals surface area contributed by atoms with E-state index in [0.29, 0.717) is 22.1 Å². The summed E-state index contributed by atoms with van der Waals surface area (Å²) >= 11 is 5.18. The number of anilines is 1. The zero-order valence-corrected chi connectivity index (χ0v) is 14.9. The topological polar surface area (TPSA) is 91.8 Å². The molecular formula is C17H21N5O2S. The number of hydrogen-bond acceptors (Lipinski definition) is 4. The Morgan fingerprint density at radius 2 is 2.20 bits per heavy atom. The molecule has 1 aliphatic rings. The zero-order chi connectivity index (χ0) is 17.8. The van der Waals surface area contributed by atoms with Crippen LogP contribution in [0.3, 0.4) is 0 Å². The van der Waals surface area contributed by atoms with Crippen molar-refractivity contribution in [1.29, 1.82) is 0 Å². The van der Waals surface area contributed by atoms with Crippen LogP contribution in [0, 0.1) is 4.77 Å². The van der Waals surface area contributed by atoms with E-state index >= 15 is 0 Å². The van der Waals surface area contributed by atoms with Crippen LogP contribution < -0.4 is 10.6 Å². The molecule has 132 valence electrons. The molecule has 0 saturated heterocycles. The molecule has 1 saturated carbocycles. The van der Waals surface area contributed by atoms with Crippen LogP contribution in [0.1, 0.15) is 42.4 Å². The van der Waals surface area contributed by atoms with Gasteiger partial charge in [-0.1, -0.05) is 13.0 Å². The van der Waals surface area contributed by atoms with Gasteiger partial charge in [0.2, 0.25) is 5.91 Å². The van der Waals surface area contributed by atoms with E-state index in [4.69, 9.17) is 12.2 Å². The lowest BCUT2D eigenvalue weighted by atomic mass is 10.2. The standard InChI is InChI=1S/C17H21N5O2S/c1-2-4-14-20-21-17(25)22(14)10-15(23)18-13-6-3-5-11(9-13)16(24)19-12-7-8-12/h3,5-6,9,12H,2,4,7-8,10H2,1H3,(H,18,23)(H,19,24)(H,21,25). The average Bonchev–Trinajstić information content (AvgIpc) is 3.34. The molecule has 0 radical (unpaired) electrons. The van der Waals surface area contributed by atoms with Gasteiger partial charge in [-0.2, -0.15) is 5.10 Å². The second-order valence-corrected chi connectivity index (χ2v) is 6.54. The van der Waals surface area contributed by atoms with E-state index in [1.54, 1.807) is 28.8 Å². The molecule has 2 aromatic rings. The largest absolute Gasteiger partial charge is 0.349 e. The summed E-state index contributed by atoms with van der Waals surface area (Å²) in [7, 11) is 0. The Bertz CT molecular complexity index is 838. The van der Waals surface area contributed by atoms with Crippen molar-refractivity contribution >= 4 is 29.7 Å². The first-order valence-electron chi connectivity index (χ1n) is 8.41. The molecule has 0 atom stereocenters. The van der Waals surface area contributed by atoms with Crippen molar-refractivity contribution in [1.82, 2.24) is 20.1 Å². The van der Waals surface area contributed by atoms with Gasteiger partial charge in [0.25, 0.3) is 5.91 Å². The Balaban J connectivity index is 1.66. The van der Waals surface area contributed by atoms with E-state index in [2.05, 4.69) is 20.8 Å². The Morgan fingerprint density at radius 1 is 1.40 bits per heavy atom. The van der Waals surface area contributed by atoms with Gasteiger partial charge in [0.05, 0.1) is 0 Å². The molecule has 1 heterocycles. The predicted octanol–water partition coefficient (Wildman–Crippen LogP) is 2.42. The van der Waals surface area contributed by atoms with E-state index in [0.717, 1.165) is 31.5 Å². The fourth-order valence-corrected chi connectivity index (χ4v) is 2.72. The van der Waals surface area contributed by atoms with Gasteiger partial charge < -0.3 is 10.6 Å². The first kappa shape index (κ1) is 17.3. The minimum atomic E-state index is -0.213. The van der Waals surface area contributed by atoms with Gasteiger partial charge in [-0.05, 0) is 49.7 Å². The average molecular weight is 359 g/mol. The van der Waals surface area contributed by atoms with Crippen molar-refractivity contribution < 1.29 is 9.59 Å². The minimum Gasteiger partial charge on any atom is -0.349 e. The molecule has 0 bridgehead atoms. The van der Waals surface area contributed by atoms with E-state index in [9.17, 15) is 9.59 Å². The fourth-order valence-electron chi connectivity index (χ4n) is 2.51. The number of aryl methyl sites for hydroxylation is 1. The number of carbonyl (C=O) groups is 2. The predicted molar refractivity (Wildman–Crippen MR) is 97.0 cm³/mol. The fraction of sp³-hybridized carbons (Fsp3) is 0.412. The first-order chi connectivity index (χ1) is 12.1. The van der Waals surface area contributed by atoms with Crippen molar-refractivity contribution in [3.63, 3.8) is 0 Å². The Morgan fingerprint density at radius 3 is 2.92 bits per heavy atom. The second-order valence-electron chi connectivity index (χ2n) is 6.16. The molecular weight excluding hydrogens is 338 g/mol. The molecule has 1 aromatic heterocycles. The molecule has 8 heteroatoms. The number of hydrogen-bond donors (Lipinski definition) is 3. The minimum absolute atomic E-state index is 0.0865. The van der Waals surface area contributed by atoms with Crippen LogP contribution in [0.25, 0.3) is 0 Å². The van der Waals surface area contributed by atoms with Gasteiger partial charge in [-0.3, -0.25) is 19.3 Å². The summed E-state index contributed by atoms with van der Waals surface area (Å²) in [4.78, 5) is 24.4. The summed E-state index contributed by atoms with van der Waals surface area (Å²) in [5.41, 5.74) is 1.12. The number of amides is 2. The monoisotopic (exact) mass is 359 g/mol. The van der Waals surface area contributed by atoms with Gasteiger partial charge in [-0.25, -0.2) is 0 Å². The summed E-state index contributed by atoms with van der Waals surface area (Å²) in [6, 6.07) is 7.22. The lowest BCUT2D eigenvalue weighted by Gasteiger charge is -2.09. The van der Waals surface area contributed by atoms with E-state index in [-0.39, 0.29) is 18.4 Å². The highest BCUT2D eigenvalue weighted by Crippen LogP contribution is 2.20. The molecule has 1 aliphatic carbocycles. The van der Waals surface area contributed by atoms with E-state index < -0.39 is 0 Å². The number of aromatic nitrogens is 3. The Hall–Kier alpha value is -2.48. The molecule has 25 heavy (non-hydrogen) atoms. The molecule has 3 rings (SSSR count). The third kappa shape index (κ3) is 4.54. The molecule has 0 aliphatic heterocycles. The number of aromatic amines is 1. The summed E-state index contributed by atoms with van der Waals surface area (Å²) in [6.07, 6.45) is 3.73. The van der Waals surface area contributed by atoms with Crippen LogP contribution in [0.5, 0.6) is 0 Å². The highest BCUT2D eigenvalue weighted by atomic mass is 32.1. The number of nitrogens with zero attached hydrogens (tertiary/aromatic N) is 2. The number of H-pyrrole nitrogens is 1. The maximum Gasteiger partial charge on any atom is 0.251 e. The van der Waals surface area contributed by atoms with Crippen LogP contribution in [-0.4, -0.2) is 32.6 Å². The smallest absolute Gasteiger partial charge is 0.251 e. The molecule has 0 unspecified atom stereocenters. The molecule has 1 aromatic carbocycles. The maximum absolute atomic E-state index is 12.3. The van der Waals surface area contributed by atoms with Gasteiger partial charge in [0, 0.05) is 23.7 Å². The normalized spacial score (nSPS) is 13.5. The van der Waals surface area contributed by atoms with Crippen LogP contribution >= 0.6 is 12.2 Å². The number of benzene rings is 1. The van der Waals surface area contributed by atoms with E-state index in [1.807, 2.05) is 6.92 Å². The molecule has 1 fully saturated rings. The van der Waals surface area contributed by atoms with Crippen LogP contribution in [0.15, 0.2) is 24.3 Å². The van der Waals surface area contributed by atoms with Crippen molar-refractivity contribution in [2.45, 2.75) is 45.2 Å². The zero-order valence-electron chi connectivity index (χ0n) is 14.0. The van der Waals surface area contributed by atoms with Crippen molar-refractivity contribution in [2.24, 2.45) is 0 Å². The quantitative estimate of drug-likeness (QED) is 0.662. The van der Waals surface area contributed by atoms with Crippen molar-refractivity contribution in [2.75, 3.05) is 5.32 Å². The van der Waals surface area contributed by atoms with Crippen molar-refractivity contribution in [3.8, 4) is 0 Å². The van der Waals surface area contributed by atoms with Crippen LogP contribution in [-0.2, 0) is 17.8 Å². The molecule has 7 nitrogen and oxygen atoms in total. The van der Waals surface area contributed by atoms with Crippen LogP contribution in [0.2, 0.25) is 0 Å². The highest BCUT2D eigenvalue weighted by Gasteiger charge is 2.23. The Kier molecular flexibility index (Phi) is 5.28. The SMILES string of the molecule is CCCc1n[nH]c(=S)n1CC(=O)Nc1cccc(C(=O)NC2CC2)c1. The number of nitrogens with one attached hydrogen (secondary N) is 3. The lowest BCUT2D eigenvalue weighted by Crippen LogP contribution is -2.25. The number of carbonyl (C=O) groups excluding carboxylic acids is 2. The number of rotatable bonds is 7. The Labute approximate surface area is 150 Å². The van der Waals surface area contributed by atoms with Gasteiger partial charge >= 0.3 is 0 Å². The van der Waals surface area contributed by atoms with Gasteiger partial charge in [-0.15, -0.1) is 0 Å². The maximum atomic E-state index is 12.3. The van der Waals surface area contributed by atoms with Gasteiger partial charge in [0.1, 0.15) is 12.4 Å². The summed E-state index contributed by atoms with van der Waals surface area (Å²) < 4.78 is 2.12. The summed E-state index contributed by atoms with van der Waals surface area (Å²) in [6.45, 7) is 2.13. The summed E-state index contributed by atoms with van der Waals surface area (Å²) in [5, 5.41) is 12.6. The third-order valence-electron chi connectivity index (χ3n) is 3.93. The van der Waals surface area contributed by atoms with Gasteiger partial charge in [0.15, 0.2) is 4.77 Å². The molecule has 0 spiro atoms. The lowest BCUT2D eigenvalue weighted by molar-refractivity contribution is -0.116. The van der Waals surface area contributed by atoms with Crippen LogP contribution in [0.4, 0.5) is 5.69 Å². The van der Waals surface area contributed by atoms with E-state index in [1.165, 1.54) is 0 Å². The first-order valence-corrected chi connectivity index (χ1v) is 8.82. The third-order valence-corrected chi connectivity index (χ3v) is 4.25. The molecule has 3 N–H and O–H groups in total. The molecule has 2 amide bonds. The highest BCUT2D eigenvalue weighted by molar-refractivity contribution is 7.71.